The number of hydrogen-bond donors (Lipinski definition) is 2. The van der Waals surface area contributed by atoms with Gasteiger partial charge in [0.1, 0.15) is 17.0 Å². The quantitative estimate of drug-likeness (QED) is 0.849. The van der Waals surface area contributed by atoms with E-state index in [0.29, 0.717) is 17.9 Å². The van der Waals surface area contributed by atoms with Crippen LogP contribution >= 0.6 is 0 Å². The molecule has 6 nitrogen and oxygen atoms in total. The summed E-state index contributed by atoms with van der Waals surface area (Å²) in [6.45, 7) is 1.85. The molecule has 1 fully saturated rings. The van der Waals surface area contributed by atoms with Gasteiger partial charge in [-0.2, -0.15) is 0 Å². The van der Waals surface area contributed by atoms with Crippen molar-refractivity contribution in [3.63, 3.8) is 0 Å². The van der Waals surface area contributed by atoms with Crippen molar-refractivity contribution in [1.82, 2.24) is 15.6 Å². The predicted molar refractivity (Wildman–Crippen MR) is 79.4 cm³/mol. The van der Waals surface area contributed by atoms with Crippen LogP contribution in [-0.4, -0.2) is 16.9 Å². The molecule has 1 saturated heterocycles. The van der Waals surface area contributed by atoms with Gasteiger partial charge in [0.15, 0.2) is 0 Å². The lowest BCUT2D eigenvalue weighted by Crippen LogP contribution is -2.43. The Kier molecular flexibility index (Phi) is 3.50. The summed E-state index contributed by atoms with van der Waals surface area (Å²) in [6, 6.07) is 10.1. The fourth-order valence-electron chi connectivity index (χ4n) is 2.50. The van der Waals surface area contributed by atoms with E-state index < -0.39 is 11.6 Å². The van der Waals surface area contributed by atoms with E-state index in [9.17, 15) is 9.59 Å². The first-order valence-electron chi connectivity index (χ1n) is 6.96. The summed E-state index contributed by atoms with van der Waals surface area (Å²) in [5, 5.41) is 4.99. The molecule has 1 aromatic heterocycles. The van der Waals surface area contributed by atoms with Crippen LogP contribution in [0.25, 0.3) is 0 Å². The molecule has 0 saturated carbocycles. The van der Waals surface area contributed by atoms with E-state index in [2.05, 4.69) is 15.6 Å². The molecule has 112 valence electrons. The Morgan fingerprint density at radius 2 is 1.68 bits per heavy atom. The fraction of sp³-hybridized carbons (Fsp3) is 0.188. The zero-order chi connectivity index (χ0) is 15.6. The van der Waals surface area contributed by atoms with Crippen LogP contribution in [0.15, 0.2) is 48.8 Å². The number of urea groups is 1. The summed E-state index contributed by atoms with van der Waals surface area (Å²) >= 11 is 0. The van der Waals surface area contributed by atoms with Crippen molar-refractivity contribution >= 4 is 11.9 Å². The van der Waals surface area contributed by atoms with Gasteiger partial charge in [0, 0.05) is 12.4 Å². The van der Waals surface area contributed by atoms with Crippen LogP contribution in [0.1, 0.15) is 18.9 Å². The summed E-state index contributed by atoms with van der Waals surface area (Å²) in [5.74, 6) is 0.994. The molecule has 0 bridgehead atoms. The van der Waals surface area contributed by atoms with E-state index in [1.165, 1.54) is 0 Å². The number of rotatable bonds is 4. The van der Waals surface area contributed by atoms with E-state index in [1.54, 1.807) is 48.8 Å². The smallest absolute Gasteiger partial charge is 0.322 e. The van der Waals surface area contributed by atoms with E-state index in [-0.39, 0.29) is 5.91 Å². The zero-order valence-corrected chi connectivity index (χ0v) is 12.0. The fourth-order valence-corrected chi connectivity index (χ4v) is 2.50. The molecule has 2 aromatic rings. The minimum Gasteiger partial charge on any atom is -0.457 e. The molecule has 1 atom stereocenters. The SMILES string of the molecule is CCC1(c2ccc(Oc3ccncc3)cc2)NC(=O)NC1=O. The second-order valence-electron chi connectivity index (χ2n) is 4.98. The molecule has 0 spiro atoms. The van der Waals surface area contributed by atoms with Gasteiger partial charge in [0.2, 0.25) is 0 Å². The van der Waals surface area contributed by atoms with Crippen LogP contribution in [0.2, 0.25) is 0 Å². The molecule has 2 N–H and O–H groups in total. The van der Waals surface area contributed by atoms with Gasteiger partial charge >= 0.3 is 6.03 Å². The molecule has 1 aliphatic heterocycles. The van der Waals surface area contributed by atoms with Gasteiger partial charge in [-0.1, -0.05) is 19.1 Å². The number of nitrogens with one attached hydrogen (secondary N) is 2. The Balaban J connectivity index is 1.85. The Morgan fingerprint density at radius 3 is 2.23 bits per heavy atom. The summed E-state index contributed by atoms with van der Waals surface area (Å²) in [5.41, 5.74) is -0.285. The topological polar surface area (TPSA) is 80.3 Å². The number of pyridine rings is 1. The van der Waals surface area contributed by atoms with E-state index in [1.807, 2.05) is 6.92 Å². The molecule has 1 aromatic carbocycles. The van der Waals surface area contributed by atoms with Crippen LogP contribution < -0.4 is 15.4 Å². The van der Waals surface area contributed by atoms with Crippen molar-refractivity contribution < 1.29 is 14.3 Å². The molecule has 6 heteroatoms. The largest absolute Gasteiger partial charge is 0.457 e. The molecule has 0 radical (unpaired) electrons. The lowest BCUT2D eigenvalue weighted by atomic mass is 9.87. The van der Waals surface area contributed by atoms with Crippen molar-refractivity contribution in [3.05, 3.63) is 54.4 Å². The summed E-state index contributed by atoms with van der Waals surface area (Å²) < 4.78 is 5.68. The predicted octanol–water partition coefficient (Wildman–Crippen LogP) is 2.32. The van der Waals surface area contributed by atoms with Gasteiger partial charge in [-0.25, -0.2) is 4.79 Å². The van der Waals surface area contributed by atoms with Crippen molar-refractivity contribution in [2.45, 2.75) is 18.9 Å². The van der Waals surface area contributed by atoms with Crippen LogP contribution in [0.3, 0.4) is 0 Å². The highest BCUT2D eigenvalue weighted by atomic mass is 16.5. The molecule has 0 aliphatic carbocycles. The first-order chi connectivity index (χ1) is 10.6. The first-order valence-corrected chi connectivity index (χ1v) is 6.96. The molecule has 3 rings (SSSR count). The third-order valence-electron chi connectivity index (χ3n) is 3.70. The number of nitrogens with zero attached hydrogens (tertiary/aromatic N) is 1. The Morgan fingerprint density at radius 1 is 1.05 bits per heavy atom. The van der Waals surface area contributed by atoms with Gasteiger partial charge < -0.3 is 10.1 Å². The number of ether oxygens (including phenoxy) is 1. The first kappa shape index (κ1) is 14.1. The number of hydrogen-bond acceptors (Lipinski definition) is 4. The van der Waals surface area contributed by atoms with Gasteiger partial charge in [0.25, 0.3) is 5.91 Å². The summed E-state index contributed by atoms with van der Waals surface area (Å²) in [6.07, 6.45) is 3.76. The highest BCUT2D eigenvalue weighted by molar-refractivity contribution is 6.07. The summed E-state index contributed by atoms with van der Waals surface area (Å²) in [4.78, 5) is 27.4. The Hall–Kier alpha value is -2.89. The van der Waals surface area contributed by atoms with Crippen molar-refractivity contribution in [3.8, 4) is 11.5 Å². The Bertz CT molecular complexity index is 700. The lowest BCUT2D eigenvalue weighted by molar-refractivity contribution is -0.124. The average Bonchev–Trinajstić information content (AvgIpc) is 2.84. The average molecular weight is 297 g/mol. The second kappa shape index (κ2) is 5.48. The molecule has 1 aliphatic rings. The van der Waals surface area contributed by atoms with Crippen LogP contribution in [0.5, 0.6) is 11.5 Å². The highest BCUT2D eigenvalue weighted by Crippen LogP contribution is 2.30. The number of benzene rings is 1. The van der Waals surface area contributed by atoms with E-state index in [0.717, 1.165) is 5.56 Å². The summed E-state index contributed by atoms with van der Waals surface area (Å²) in [7, 11) is 0. The van der Waals surface area contributed by atoms with Crippen LogP contribution in [0.4, 0.5) is 4.79 Å². The third-order valence-corrected chi connectivity index (χ3v) is 3.70. The maximum Gasteiger partial charge on any atom is 0.322 e. The number of carbonyl (C=O) groups is 2. The second-order valence-corrected chi connectivity index (χ2v) is 4.98. The van der Waals surface area contributed by atoms with Gasteiger partial charge in [-0.15, -0.1) is 0 Å². The van der Waals surface area contributed by atoms with Gasteiger partial charge in [-0.05, 0) is 36.2 Å². The van der Waals surface area contributed by atoms with Crippen molar-refractivity contribution in [1.29, 1.82) is 0 Å². The molecule has 3 amide bonds. The maximum atomic E-state index is 12.1. The van der Waals surface area contributed by atoms with Crippen LogP contribution in [0, 0.1) is 0 Å². The number of carbonyl (C=O) groups excluding carboxylic acids is 2. The molecule has 1 unspecified atom stereocenters. The van der Waals surface area contributed by atoms with Gasteiger partial charge in [0.05, 0.1) is 0 Å². The van der Waals surface area contributed by atoms with E-state index >= 15 is 0 Å². The van der Waals surface area contributed by atoms with E-state index in [4.69, 9.17) is 4.74 Å². The molecular weight excluding hydrogens is 282 g/mol. The number of aromatic nitrogens is 1. The third kappa shape index (κ3) is 2.39. The van der Waals surface area contributed by atoms with Crippen LogP contribution in [-0.2, 0) is 10.3 Å². The standard InChI is InChI=1S/C16H15N3O3/c1-2-16(14(20)18-15(21)19-16)11-3-5-12(6-4-11)22-13-7-9-17-10-8-13/h3-10H,2H2,1H3,(H2,18,19,20,21). The minimum absolute atomic E-state index is 0.331. The minimum atomic E-state index is -1.01. The molecule has 2 heterocycles. The zero-order valence-electron chi connectivity index (χ0n) is 12.0. The normalized spacial score (nSPS) is 20.4. The number of amides is 3. The Labute approximate surface area is 127 Å². The highest BCUT2D eigenvalue weighted by Gasteiger charge is 2.46. The van der Waals surface area contributed by atoms with Crippen molar-refractivity contribution in [2.24, 2.45) is 0 Å². The molecular formula is C16H15N3O3. The number of imide groups is 1. The van der Waals surface area contributed by atoms with Crippen molar-refractivity contribution in [2.75, 3.05) is 0 Å². The van der Waals surface area contributed by atoms with Gasteiger partial charge in [-0.3, -0.25) is 15.1 Å². The monoisotopic (exact) mass is 297 g/mol. The maximum absolute atomic E-state index is 12.1. The molecule has 22 heavy (non-hydrogen) atoms. The lowest BCUT2D eigenvalue weighted by Gasteiger charge is -2.25.